The molecular weight excluding hydrogens is 286 g/mol. The van der Waals surface area contributed by atoms with Crippen LogP contribution >= 0.6 is 0 Å². The summed E-state index contributed by atoms with van der Waals surface area (Å²) in [7, 11) is 1.67. The quantitative estimate of drug-likeness (QED) is 0.638. The highest BCUT2D eigenvalue weighted by Gasteiger charge is 2.02. The van der Waals surface area contributed by atoms with Crippen molar-refractivity contribution in [2.75, 3.05) is 12.8 Å². The summed E-state index contributed by atoms with van der Waals surface area (Å²) in [4.78, 5) is 0. The zero-order chi connectivity index (χ0) is 17.0. The number of fused-ring (bicyclic) bond motifs is 1. The minimum absolute atomic E-state index is 0.369. The molecule has 0 bridgehead atoms. The van der Waals surface area contributed by atoms with Crippen molar-refractivity contribution in [3.8, 4) is 11.5 Å². The Morgan fingerprint density at radius 1 is 0.913 bits per heavy atom. The van der Waals surface area contributed by atoms with Gasteiger partial charge in [-0.3, -0.25) is 0 Å². The third-order valence-electron chi connectivity index (χ3n) is 3.86. The lowest BCUT2D eigenvalue weighted by Crippen LogP contribution is -1.93. The molecule has 0 unspecified atom stereocenters. The lowest BCUT2D eigenvalue weighted by Gasteiger charge is -2.08. The van der Waals surface area contributed by atoms with Crippen LogP contribution in [-0.2, 0) is 0 Å². The number of hydrogen-bond donors (Lipinski definition) is 2. The molecule has 0 amide bonds. The molecule has 0 saturated carbocycles. The molecule has 0 heterocycles. The number of aromatic hydroxyl groups is 1. The van der Waals surface area contributed by atoms with E-state index in [1.54, 1.807) is 13.2 Å². The predicted molar refractivity (Wildman–Crippen MR) is 97.2 cm³/mol. The molecule has 0 fully saturated rings. The van der Waals surface area contributed by atoms with Crippen molar-refractivity contribution in [3.05, 3.63) is 65.2 Å². The standard InChI is InChI=1S/C11H10O.C9H13NO/c1-8-10-5-3-2-4-9(10)6-7-11(8)12;1-6-4-8(10)5-7(2)9(6)11-3/h2-7,12H,1H3;4-5H,10H2,1-3H3. The second-order valence-electron chi connectivity index (χ2n) is 5.62. The largest absolute Gasteiger partial charge is 0.508 e. The maximum Gasteiger partial charge on any atom is 0.124 e. The predicted octanol–water partition coefficient (Wildman–Crippen LogP) is 4.75. The van der Waals surface area contributed by atoms with E-state index >= 15 is 0 Å². The average molecular weight is 309 g/mol. The minimum Gasteiger partial charge on any atom is -0.508 e. The van der Waals surface area contributed by atoms with Gasteiger partial charge in [-0.05, 0) is 66.4 Å². The number of hydrogen-bond acceptors (Lipinski definition) is 3. The maximum absolute atomic E-state index is 9.42. The van der Waals surface area contributed by atoms with Crippen molar-refractivity contribution in [3.63, 3.8) is 0 Å². The summed E-state index contributed by atoms with van der Waals surface area (Å²) in [5.41, 5.74) is 9.55. The number of methoxy groups -OCH3 is 1. The van der Waals surface area contributed by atoms with E-state index in [4.69, 9.17) is 10.5 Å². The number of anilines is 1. The zero-order valence-corrected chi connectivity index (χ0v) is 14.1. The van der Waals surface area contributed by atoms with Gasteiger partial charge in [-0.15, -0.1) is 0 Å². The molecule has 3 aromatic rings. The van der Waals surface area contributed by atoms with Crippen LogP contribution in [0, 0.1) is 20.8 Å². The van der Waals surface area contributed by atoms with E-state index in [1.165, 1.54) is 5.39 Å². The van der Waals surface area contributed by atoms with E-state index in [-0.39, 0.29) is 0 Å². The van der Waals surface area contributed by atoms with Gasteiger partial charge in [-0.1, -0.05) is 30.3 Å². The molecule has 3 heteroatoms. The van der Waals surface area contributed by atoms with Gasteiger partial charge in [-0.25, -0.2) is 0 Å². The third-order valence-corrected chi connectivity index (χ3v) is 3.86. The Labute approximate surface area is 137 Å². The normalized spacial score (nSPS) is 10.1. The van der Waals surface area contributed by atoms with Crippen LogP contribution in [0.2, 0.25) is 0 Å². The second kappa shape index (κ2) is 7.05. The third kappa shape index (κ3) is 3.75. The van der Waals surface area contributed by atoms with Crippen molar-refractivity contribution in [1.29, 1.82) is 0 Å². The monoisotopic (exact) mass is 309 g/mol. The minimum atomic E-state index is 0.369. The molecule has 3 aromatic carbocycles. The SMILES string of the molecule is COc1c(C)cc(N)cc1C.Cc1c(O)ccc2ccccc12. The van der Waals surface area contributed by atoms with E-state index in [1.807, 2.05) is 63.2 Å². The molecule has 3 rings (SSSR count). The van der Waals surface area contributed by atoms with Crippen LogP contribution in [0.5, 0.6) is 11.5 Å². The van der Waals surface area contributed by atoms with E-state index in [2.05, 4.69) is 0 Å². The smallest absolute Gasteiger partial charge is 0.124 e. The molecule has 0 atom stereocenters. The number of phenols is 1. The summed E-state index contributed by atoms with van der Waals surface area (Å²) in [6.45, 7) is 5.90. The van der Waals surface area contributed by atoms with Crippen LogP contribution in [0.4, 0.5) is 5.69 Å². The summed E-state index contributed by atoms with van der Waals surface area (Å²) in [6, 6.07) is 15.5. The first-order chi connectivity index (χ1) is 10.9. The van der Waals surface area contributed by atoms with Crippen molar-refractivity contribution >= 4 is 16.5 Å². The van der Waals surface area contributed by atoms with Gasteiger partial charge in [0.2, 0.25) is 0 Å². The fraction of sp³-hybridized carbons (Fsp3) is 0.200. The van der Waals surface area contributed by atoms with Crippen molar-refractivity contribution < 1.29 is 9.84 Å². The molecule has 3 nitrogen and oxygen atoms in total. The molecule has 0 aliphatic rings. The van der Waals surface area contributed by atoms with Crippen molar-refractivity contribution in [1.82, 2.24) is 0 Å². The van der Waals surface area contributed by atoms with Gasteiger partial charge in [-0.2, -0.15) is 0 Å². The molecule has 0 aliphatic carbocycles. The van der Waals surface area contributed by atoms with Gasteiger partial charge in [0.15, 0.2) is 0 Å². The first-order valence-corrected chi connectivity index (χ1v) is 7.52. The lowest BCUT2D eigenvalue weighted by atomic mass is 10.1. The van der Waals surface area contributed by atoms with Crippen LogP contribution in [0.3, 0.4) is 0 Å². The Bertz CT molecular complexity index is 802. The van der Waals surface area contributed by atoms with Crippen LogP contribution in [0.15, 0.2) is 48.5 Å². The highest BCUT2D eigenvalue weighted by Crippen LogP contribution is 2.26. The van der Waals surface area contributed by atoms with Crippen molar-refractivity contribution in [2.24, 2.45) is 0 Å². The molecule has 0 saturated heterocycles. The van der Waals surface area contributed by atoms with Gasteiger partial charge >= 0.3 is 0 Å². The second-order valence-corrected chi connectivity index (χ2v) is 5.62. The molecule has 23 heavy (non-hydrogen) atoms. The maximum atomic E-state index is 9.42. The Kier molecular flexibility index (Phi) is 5.12. The number of aryl methyl sites for hydroxylation is 3. The highest BCUT2D eigenvalue weighted by atomic mass is 16.5. The van der Waals surface area contributed by atoms with E-state index < -0.39 is 0 Å². The molecular formula is C20H23NO2. The van der Waals surface area contributed by atoms with Crippen LogP contribution in [0.1, 0.15) is 16.7 Å². The van der Waals surface area contributed by atoms with Gasteiger partial charge in [0.25, 0.3) is 0 Å². The Morgan fingerprint density at radius 3 is 2.13 bits per heavy atom. The number of nitrogen functional groups attached to an aromatic ring is 1. The van der Waals surface area contributed by atoms with Gasteiger partial charge in [0, 0.05) is 5.69 Å². The Morgan fingerprint density at radius 2 is 1.52 bits per heavy atom. The lowest BCUT2D eigenvalue weighted by molar-refractivity contribution is 0.408. The fourth-order valence-electron chi connectivity index (χ4n) is 2.72. The highest BCUT2D eigenvalue weighted by molar-refractivity contribution is 5.87. The summed E-state index contributed by atoms with van der Waals surface area (Å²) >= 11 is 0. The first-order valence-electron chi connectivity index (χ1n) is 7.52. The number of ether oxygens (including phenoxy) is 1. The zero-order valence-electron chi connectivity index (χ0n) is 14.1. The molecule has 0 spiro atoms. The molecule has 120 valence electrons. The number of benzene rings is 3. The summed E-state index contributed by atoms with van der Waals surface area (Å²) in [6.07, 6.45) is 0. The number of nitrogens with two attached hydrogens (primary N) is 1. The number of rotatable bonds is 1. The van der Waals surface area contributed by atoms with Crippen LogP contribution < -0.4 is 10.5 Å². The van der Waals surface area contributed by atoms with Gasteiger partial charge in [0.1, 0.15) is 11.5 Å². The van der Waals surface area contributed by atoms with Gasteiger partial charge < -0.3 is 15.6 Å². The fourth-order valence-corrected chi connectivity index (χ4v) is 2.72. The van der Waals surface area contributed by atoms with Crippen LogP contribution in [-0.4, -0.2) is 12.2 Å². The average Bonchev–Trinajstić information content (AvgIpc) is 2.51. The molecule has 0 radical (unpaired) electrons. The van der Waals surface area contributed by atoms with E-state index in [9.17, 15) is 5.11 Å². The van der Waals surface area contributed by atoms with Crippen molar-refractivity contribution in [2.45, 2.75) is 20.8 Å². The summed E-state index contributed by atoms with van der Waals surface area (Å²) in [5, 5.41) is 11.7. The Balaban J connectivity index is 0.000000168. The molecule has 0 aromatic heterocycles. The Hall–Kier alpha value is -2.68. The molecule has 3 N–H and O–H groups in total. The summed E-state index contributed by atoms with van der Waals surface area (Å²) < 4.78 is 5.18. The topological polar surface area (TPSA) is 55.5 Å². The molecule has 0 aliphatic heterocycles. The summed E-state index contributed by atoms with van der Waals surface area (Å²) in [5.74, 6) is 1.30. The van der Waals surface area contributed by atoms with E-state index in [0.29, 0.717) is 5.75 Å². The van der Waals surface area contributed by atoms with E-state index in [0.717, 1.165) is 33.5 Å². The first kappa shape index (κ1) is 16.7. The van der Waals surface area contributed by atoms with Crippen LogP contribution in [0.25, 0.3) is 10.8 Å². The number of phenolic OH excluding ortho intramolecular Hbond substituents is 1. The van der Waals surface area contributed by atoms with Gasteiger partial charge in [0.05, 0.1) is 7.11 Å².